The molecule has 0 unspecified atom stereocenters. The number of hydrogen-bond donors (Lipinski definition) is 3. The number of methoxy groups -OCH3 is 1. The molecule has 1 saturated heterocycles. The minimum atomic E-state index is 0.0117. The lowest BCUT2D eigenvalue weighted by Crippen LogP contribution is -2.44. The summed E-state index contributed by atoms with van der Waals surface area (Å²) in [6.45, 7) is 3.13. The largest absolute Gasteiger partial charge is 0.490 e. The van der Waals surface area contributed by atoms with Crippen molar-refractivity contribution >= 4 is 17.5 Å². The smallest absolute Gasteiger partial charge is 0.217 e. The van der Waals surface area contributed by atoms with Gasteiger partial charge in [0.1, 0.15) is 6.33 Å². The zero-order chi connectivity index (χ0) is 14.5. The molecule has 2 heterocycles. The molecule has 8 heteroatoms. The van der Waals surface area contributed by atoms with Gasteiger partial charge in [-0.3, -0.25) is 4.79 Å². The molecule has 1 aromatic rings. The summed E-state index contributed by atoms with van der Waals surface area (Å²) in [4.78, 5) is 21.5. The van der Waals surface area contributed by atoms with Crippen molar-refractivity contribution in [3.8, 4) is 5.75 Å². The number of nitrogens with zero attached hydrogens (tertiary/aromatic N) is 3. The van der Waals surface area contributed by atoms with Crippen molar-refractivity contribution in [2.75, 3.05) is 30.5 Å². The Labute approximate surface area is 117 Å². The van der Waals surface area contributed by atoms with E-state index in [2.05, 4.69) is 25.6 Å². The van der Waals surface area contributed by atoms with Crippen LogP contribution in [0, 0.1) is 0 Å². The Morgan fingerprint density at radius 1 is 1.45 bits per heavy atom. The van der Waals surface area contributed by atoms with Crippen molar-refractivity contribution in [2.24, 2.45) is 5.84 Å². The molecular formula is C12H20N6O2. The molecule has 1 amide bonds. The summed E-state index contributed by atoms with van der Waals surface area (Å²) in [6, 6.07) is 0.226. The van der Waals surface area contributed by atoms with Crippen LogP contribution < -0.4 is 26.2 Å². The van der Waals surface area contributed by atoms with Gasteiger partial charge in [-0.2, -0.15) is 0 Å². The van der Waals surface area contributed by atoms with Crippen LogP contribution in [-0.2, 0) is 4.79 Å². The lowest BCUT2D eigenvalue weighted by atomic mass is 10.1. The number of hydrogen-bond acceptors (Lipinski definition) is 7. The molecule has 0 aromatic carbocycles. The first-order valence-electron chi connectivity index (χ1n) is 6.53. The Morgan fingerprint density at radius 3 is 2.70 bits per heavy atom. The molecule has 1 fully saturated rings. The van der Waals surface area contributed by atoms with Crippen LogP contribution in [0.25, 0.3) is 0 Å². The minimum Gasteiger partial charge on any atom is -0.490 e. The molecule has 20 heavy (non-hydrogen) atoms. The quantitative estimate of drug-likeness (QED) is 0.521. The molecule has 0 aliphatic carbocycles. The number of nitrogen functional groups attached to an aromatic ring is 1. The van der Waals surface area contributed by atoms with Gasteiger partial charge in [-0.1, -0.05) is 0 Å². The number of aromatic nitrogens is 2. The number of nitrogens with two attached hydrogens (primary N) is 1. The summed E-state index contributed by atoms with van der Waals surface area (Å²) in [5, 5.41) is 2.94. The van der Waals surface area contributed by atoms with Crippen molar-refractivity contribution in [1.82, 2.24) is 15.3 Å². The van der Waals surface area contributed by atoms with E-state index in [0.29, 0.717) is 11.6 Å². The van der Waals surface area contributed by atoms with Crippen LogP contribution in [0.1, 0.15) is 19.8 Å². The number of anilines is 2. The zero-order valence-corrected chi connectivity index (χ0v) is 11.7. The van der Waals surface area contributed by atoms with E-state index in [1.165, 1.54) is 6.33 Å². The normalized spacial score (nSPS) is 15.8. The van der Waals surface area contributed by atoms with Crippen molar-refractivity contribution in [3.05, 3.63) is 6.33 Å². The average Bonchev–Trinajstić information content (AvgIpc) is 2.46. The van der Waals surface area contributed by atoms with E-state index in [4.69, 9.17) is 10.6 Å². The second-order valence-electron chi connectivity index (χ2n) is 4.69. The molecule has 0 saturated carbocycles. The van der Waals surface area contributed by atoms with Gasteiger partial charge >= 0.3 is 0 Å². The maximum Gasteiger partial charge on any atom is 0.217 e. The van der Waals surface area contributed by atoms with Crippen molar-refractivity contribution in [3.63, 3.8) is 0 Å². The topological polar surface area (TPSA) is 105 Å². The zero-order valence-electron chi connectivity index (χ0n) is 11.7. The first-order chi connectivity index (χ1) is 9.65. The monoisotopic (exact) mass is 280 g/mol. The molecule has 0 atom stereocenters. The van der Waals surface area contributed by atoms with Crippen molar-refractivity contribution in [2.45, 2.75) is 25.8 Å². The van der Waals surface area contributed by atoms with E-state index in [1.54, 1.807) is 14.0 Å². The molecule has 8 nitrogen and oxygen atoms in total. The summed E-state index contributed by atoms with van der Waals surface area (Å²) in [5.41, 5.74) is 2.50. The Morgan fingerprint density at radius 2 is 2.15 bits per heavy atom. The molecule has 1 aliphatic rings. The van der Waals surface area contributed by atoms with Crippen LogP contribution in [0.4, 0.5) is 11.6 Å². The standard InChI is InChI=1S/C12H20N6O2/c1-8(19)16-9-3-5-18(6-4-9)12-10(20-2)11(17-13)14-7-15-12/h7,9H,3-6,13H2,1-2H3,(H,16,19)(H,14,15,17). The van der Waals surface area contributed by atoms with E-state index in [9.17, 15) is 4.79 Å². The summed E-state index contributed by atoms with van der Waals surface area (Å²) in [6.07, 6.45) is 3.20. The van der Waals surface area contributed by atoms with Crippen LogP contribution in [-0.4, -0.2) is 42.1 Å². The molecule has 110 valence electrons. The van der Waals surface area contributed by atoms with Crippen LogP contribution in [0.15, 0.2) is 6.33 Å². The highest BCUT2D eigenvalue weighted by Crippen LogP contribution is 2.32. The predicted molar refractivity (Wildman–Crippen MR) is 75.4 cm³/mol. The lowest BCUT2D eigenvalue weighted by Gasteiger charge is -2.33. The van der Waals surface area contributed by atoms with Crippen LogP contribution in [0.3, 0.4) is 0 Å². The molecule has 1 aliphatic heterocycles. The van der Waals surface area contributed by atoms with Gasteiger partial charge in [0.15, 0.2) is 11.6 Å². The molecule has 0 spiro atoms. The first kappa shape index (κ1) is 14.3. The maximum atomic E-state index is 11.1. The van der Waals surface area contributed by atoms with Crippen LogP contribution in [0.5, 0.6) is 5.75 Å². The number of carbonyl (C=O) groups is 1. The first-order valence-corrected chi connectivity index (χ1v) is 6.53. The van der Waals surface area contributed by atoms with Crippen molar-refractivity contribution < 1.29 is 9.53 Å². The summed E-state index contributed by atoms with van der Waals surface area (Å²) in [5.74, 6) is 7.14. The predicted octanol–water partition coefficient (Wildman–Crippen LogP) is -0.124. The molecule has 1 aromatic heterocycles. The molecule has 0 bridgehead atoms. The average molecular weight is 280 g/mol. The summed E-state index contributed by atoms with van der Waals surface area (Å²) >= 11 is 0. The molecule has 4 N–H and O–H groups in total. The molecular weight excluding hydrogens is 260 g/mol. The van der Waals surface area contributed by atoms with Crippen LogP contribution >= 0.6 is 0 Å². The van der Waals surface area contributed by atoms with Gasteiger partial charge in [0.2, 0.25) is 11.7 Å². The third-order valence-electron chi connectivity index (χ3n) is 3.33. The van der Waals surface area contributed by atoms with Gasteiger partial charge in [-0.15, -0.1) is 0 Å². The van der Waals surface area contributed by atoms with Crippen molar-refractivity contribution in [1.29, 1.82) is 0 Å². The number of carbonyl (C=O) groups excluding carboxylic acids is 1. The Balaban J connectivity index is 2.09. The highest BCUT2D eigenvalue weighted by atomic mass is 16.5. The Kier molecular flexibility index (Phi) is 4.57. The highest BCUT2D eigenvalue weighted by Gasteiger charge is 2.24. The fraction of sp³-hybridized carbons (Fsp3) is 0.583. The fourth-order valence-electron chi connectivity index (χ4n) is 2.40. The third kappa shape index (κ3) is 3.08. The number of rotatable bonds is 4. The number of hydrazine groups is 1. The Hall–Kier alpha value is -2.09. The van der Waals surface area contributed by atoms with Gasteiger partial charge in [0, 0.05) is 26.1 Å². The van der Waals surface area contributed by atoms with Gasteiger partial charge in [0.05, 0.1) is 7.11 Å². The second-order valence-corrected chi connectivity index (χ2v) is 4.69. The molecule has 0 radical (unpaired) electrons. The van der Waals surface area contributed by atoms with E-state index in [0.717, 1.165) is 31.7 Å². The van der Waals surface area contributed by atoms with Crippen LogP contribution in [0.2, 0.25) is 0 Å². The lowest BCUT2D eigenvalue weighted by molar-refractivity contribution is -0.119. The number of amides is 1. The van der Waals surface area contributed by atoms with E-state index >= 15 is 0 Å². The van der Waals surface area contributed by atoms with Gasteiger partial charge in [-0.25, -0.2) is 15.8 Å². The summed E-state index contributed by atoms with van der Waals surface area (Å²) < 4.78 is 5.33. The second kappa shape index (κ2) is 6.38. The number of piperidine rings is 1. The Bertz CT molecular complexity index is 473. The third-order valence-corrected chi connectivity index (χ3v) is 3.33. The SMILES string of the molecule is COc1c(NN)ncnc1N1CCC(NC(C)=O)CC1. The number of ether oxygens (including phenoxy) is 1. The van der Waals surface area contributed by atoms with E-state index < -0.39 is 0 Å². The van der Waals surface area contributed by atoms with Gasteiger partial charge < -0.3 is 20.4 Å². The maximum absolute atomic E-state index is 11.1. The highest BCUT2D eigenvalue weighted by molar-refractivity contribution is 5.73. The minimum absolute atomic E-state index is 0.0117. The fourth-order valence-corrected chi connectivity index (χ4v) is 2.40. The van der Waals surface area contributed by atoms with E-state index in [-0.39, 0.29) is 11.9 Å². The van der Waals surface area contributed by atoms with Gasteiger partial charge in [-0.05, 0) is 12.8 Å². The van der Waals surface area contributed by atoms with E-state index in [1.807, 2.05) is 0 Å². The van der Waals surface area contributed by atoms with Gasteiger partial charge in [0.25, 0.3) is 0 Å². The number of nitrogens with one attached hydrogen (secondary N) is 2. The summed E-state index contributed by atoms with van der Waals surface area (Å²) in [7, 11) is 1.56. The molecule has 2 rings (SSSR count).